The number of hydrogen-bond acceptors (Lipinski definition) is 6. The number of nitrogens with one attached hydrogen (secondary N) is 1. The van der Waals surface area contributed by atoms with Gasteiger partial charge in [-0.15, -0.1) is 0 Å². The molecule has 2 heterocycles. The average Bonchev–Trinajstić information content (AvgIpc) is 3.35. The van der Waals surface area contributed by atoms with Crippen LogP contribution in [0.1, 0.15) is 28.4 Å². The summed E-state index contributed by atoms with van der Waals surface area (Å²) in [6.07, 6.45) is 0. The Labute approximate surface area is 246 Å². The van der Waals surface area contributed by atoms with Gasteiger partial charge < -0.3 is 24.8 Å². The number of nitrogens with zero attached hydrogens (tertiary/aromatic N) is 5. The van der Waals surface area contributed by atoms with Crippen LogP contribution in [0.4, 0.5) is 11.4 Å². The van der Waals surface area contributed by atoms with Gasteiger partial charge in [-0.2, -0.15) is 0 Å². The van der Waals surface area contributed by atoms with Crippen molar-refractivity contribution in [1.29, 1.82) is 0 Å². The van der Waals surface area contributed by atoms with Crippen molar-refractivity contribution in [2.24, 2.45) is 4.99 Å². The third kappa shape index (κ3) is 6.22. The number of aromatic hydroxyl groups is 1. The molecule has 3 aromatic carbocycles. The fraction of sp³-hybridized carbons (Fsp3) is 0.303. The van der Waals surface area contributed by atoms with Crippen molar-refractivity contribution in [3.8, 4) is 5.88 Å². The van der Waals surface area contributed by atoms with Gasteiger partial charge in [0, 0.05) is 74.5 Å². The fourth-order valence-corrected chi connectivity index (χ4v) is 5.11. The zero-order valence-electron chi connectivity index (χ0n) is 24.7. The molecule has 2 amide bonds. The van der Waals surface area contributed by atoms with Crippen LogP contribution in [0.2, 0.25) is 0 Å². The summed E-state index contributed by atoms with van der Waals surface area (Å²) in [7, 11) is 5.66. The van der Waals surface area contributed by atoms with Crippen molar-refractivity contribution in [1.82, 2.24) is 19.7 Å². The van der Waals surface area contributed by atoms with Crippen molar-refractivity contribution in [3.63, 3.8) is 0 Å². The lowest BCUT2D eigenvalue weighted by Gasteiger charge is -2.32. The van der Waals surface area contributed by atoms with Crippen LogP contribution in [-0.4, -0.2) is 103 Å². The summed E-state index contributed by atoms with van der Waals surface area (Å²) in [5, 5.41) is 11.8. The van der Waals surface area contributed by atoms with Gasteiger partial charge in [-0.05, 0) is 50.4 Å². The Morgan fingerprint density at radius 1 is 0.929 bits per heavy atom. The molecule has 9 heteroatoms. The van der Waals surface area contributed by atoms with Crippen molar-refractivity contribution < 1.29 is 14.7 Å². The zero-order valence-corrected chi connectivity index (χ0v) is 24.7. The van der Waals surface area contributed by atoms with Crippen LogP contribution in [0.5, 0.6) is 5.88 Å². The molecular formula is C33H38N6O3. The third-order valence-electron chi connectivity index (χ3n) is 7.94. The van der Waals surface area contributed by atoms with Gasteiger partial charge in [-0.25, -0.2) is 4.99 Å². The van der Waals surface area contributed by atoms with E-state index in [1.54, 1.807) is 36.0 Å². The maximum Gasteiger partial charge on any atom is 0.253 e. The molecule has 0 spiro atoms. The number of likely N-dealkylation sites (N-methyl/N-ethyl adjacent to an activating group) is 2. The number of benzene rings is 3. The summed E-state index contributed by atoms with van der Waals surface area (Å²) in [6, 6.07) is 22.6. The predicted molar refractivity (Wildman–Crippen MR) is 168 cm³/mol. The van der Waals surface area contributed by atoms with Gasteiger partial charge >= 0.3 is 0 Å². The Hall–Kier alpha value is -4.47. The van der Waals surface area contributed by atoms with E-state index >= 15 is 0 Å². The molecule has 1 aliphatic heterocycles. The highest BCUT2D eigenvalue weighted by molar-refractivity contribution is 6.22. The number of piperazine rings is 1. The lowest BCUT2D eigenvalue weighted by Crippen LogP contribution is -2.48. The van der Waals surface area contributed by atoms with E-state index in [0.29, 0.717) is 41.1 Å². The van der Waals surface area contributed by atoms with E-state index in [0.717, 1.165) is 42.8 Å². The first kappa shape index (κ1) is 29.0. The molecule has 5 rings (SSSR count). The minimum absolute atomic E-state index is 0.0214. The van der Waals surface area contributed by atoms with Gasteiger partial charge in [0.1, 0.15) is 0 Å². The van der Waals surface area contributed by atoms with E-state index < -0.39 is 0 Å². The number of H-pyrrole nitrogens is 1. The number of aromatic nitrogens is 1. The van der Waals surface area contributed by atoms with Gasteiger partial charge in [0.2, 0.25) is 5.91 Å². The number of aromatic amines is 1. The van der Waals surface area contributed by atoms with E-state index in [2.05, 4.69) is 21.8 Å². The smallest absolute Gasteiger partial charge is 0.253 e. The molecule has 42 heavy (non-hydrogen) atoms. The van der Waals surface area contributed by atoms with Gasteiger partial charge in [-0.1, -0.05) is 36.4 Å². The summed E-state index contributed by atoms with van der Waals surface area (Å²) < 4.78 is 0. The molecule has 0 bridgehead atoms. The van der Waals surface area contributed by atoms with Crippen molar-refractivity contribution in [3.05, 3.63) is 89.5 Å². The summed E-state index contributed by atoms with van der Waals surface area (Å²) in [5.74, 6) is -0.0570. The first-order chi connectivity index (χ1) is 20.2. The number of carbonyl (C=O) groups excluding carboxylic acids is 2. The first-order valence-corrected chi connectivity index (χ1v) is 14.3. The van der Waals surface area contributed by atoms with Crippen molar-refractivity contribution >= 4 is 39.8 Å². The number of hydrogen-bond donors (Lipinski definition) is 2. The number of carbonyl (C=O) groups is 2. The lowest BCUT2D eigenvalue weighted by atomic mass is 10.00. The minimum Gasteiger partial charge on any atom is -0.494 e. The van der Waals surface area contributed by atoms with E-state index in [9.17, 15) is 14.7 Å². The van der Waals surface area contributed by atoms with Crippen LogP contribution in [0, 0.1) is 0 Å². The second kappa shape index (κ2) is 12.6. The van der Waals surface area contributed by atoms with Crippen LogP contribution in [0.15, 0.2) is 77.8 Å². The molecule has 1 fully saturated rings. The van der Waals surface area contributed by atoms with E-state index in [4.69, 9.17) is 4.99 Å². The van der Waals surface area contributed by atoms with Crippen LogP contribution in [0.3, 0.4) is 0 Å². The second-order valence-electron chi connectivity index (χ2n) is 10.8. The van der Waals surface area contributed by atoms with E-state index in [1.165, 1.54) is 0 Å². The molecule has 218 valence electrons. The van der Waals surface area contributed by atoms with E-state index in [1.807, 2.05) is 67.6 Å². The molecule has 0 aliphatic carbocycles. The number of amides is 2. The molecule has 0 radical (unpaired) electrons. The predicted octanol–water partition coefficient (Wildman–Crippen LogP) is 4.34. The highest BCUT2D eigenvalue weighted by Gasteiger charge is 2.22. The average molecular weight is 567 g/mol. The van der Waals surface area contributed by atoms with Crippen LogP contribution in [-0.2, 0) is 4.79 Å². The molecule has 2 N–H and O–H groups in total. The minimum atomic E-state index is -0.0842. The standard InChI is InChI=1S/C33H38N6O3/c1-5-37(3)33(42)24-11-16-27-28(21-24)35-32(41)30(27)31(23-9-7-6-8-10-23)34-25-12-14-26(15-13-25)38(4)29(40)22-39-19-17-36(2)18-20-39/h6-16,21,35,41H,5,17-20,22H2,1-4H3. The van der Waals surface area contributed by atoms with Gasteiger partial charge in [0.15, 0.2) is 5.88 Å². The molecule has 1 aromatic heterocycles. The fourth-order valence-electron chi connectivity index (χ4n) is 5.11. The quantitative estimate of drug-likeness (QED) is 0.310. The molecule has 0 saturated carbocycles. The second-order valence-corrected chi connectivity index (χ2v) is 10.8. The molecule has 4 aromatic rings. The highest BCUT2D eigenvalue weighted by Crippen LogP contribution is 2.32. The summed E-state index contributed by atoms with van der Waals surface area (Å²) in [4.78, 5) is 41.5. The van der Waals surface area contributed by atoms with Gasteiger partial charge in [0.05, 0.1) is 23.5 Å². The Morgan fingerprint density at radius 3 is 2.29 bits per heavy atom. The SMILES string of the molecule is CCN(C)C(=O)c1ccc2c(C(=Nc3ccc(N(C)C(=O)CN4CCN(C)CC4)cc3)c3ccccc3)c(O)[nH]c2c1. The summed E-state index contributed by atoms with van der Waals surface area (Å²) in [6.45, 7) is 6.63. The largest absolute Gasteiger partial charge is 0.494 e. The molecule has 0 atom stereocenters. The number of aliphatic imine (C=N–C) groups is 1. The molecular weight excluding hydrogens is 528 g/mol. The molecule has 0 unspecified atom stereocenters. The van der Waals surface area contributed by atoms with Crippen LogP contribution in [0.25, 0.3) is 10.9 Å². The lowest BCUT2D eigenvalue weighted by molar-refractivity contribution is -0.119. The van der Waals surface area contributed by atoms with Crippen LogP contribution < -0.4 is 4.90 Å². The van der Waals surface area contributed by atoms with Crippen molar-refractivity contribution in [2.45, 2.75) is 6.92 Å². The summed E-state index contributed by atoms with van der Waals surface area (Å²) >= 11 is 0. The maximum absolute atomic E-state index is 13.0. The number of anilines is 1. The zero-order chi connectivity index (χ0) is 29.8. The molecule has 1 aliphatic rings. The Kier molecular flexibility index (Phi) is 8.70. The first-order valence-electron chi connectivity index (χ1n) is 14.3. The van der Waals surface area contributed by atoms with Crippen LogP contribution >= 0.6 is 0 Å². The monoisotopic (exact) mass is 566 g/mol. The maximum atomic E-state index is 13.0. The summed E-state index contributed by atoms with van der Waals surface area (Å²) in [5.41, 5.74) is 4.65. The van der Waals surface area contributed by atoms with Gasteiger partial charge in [-0.3, -0.25) is 14.5 Å². The Bertz CT molecular complexity index is 1590. The third-order valence-corrected chi connectivity index (χ3v) is 7.94. The normalized spacial score (nSPS) is 14.7. The Morgan fingerprint density at radius 2 is 1.62 bits per heavy atom. The topological polar surface area (TPSA) is 95.5 Å². The van der Waals surface area contributed by atoms with E-state index in [-0.39, 0.29) is 17.7 Å². The number of fused-ring (bicyclic) bond motifs is 1. The Balaban J connectivity index is 1.44. The van der Waals surface area contributed by atoms with Gasteiger partial charge in [0.25, 0.3) is 5.91 Å². The number of rotatable bonds is 8. The molecule has 9 nitrogen and oxygen atoms in total. The highest BCUT2D eigenvalue weighted by atomic mass is 16.3. The van der Waals surface area contributed by atoms with Crippen molar-refractivity contribution in [2.75, 3.05) is 65.3 Å². The molecule has 1 saturated heterocycles.